The number of ether oxygens (including phenoxy) is 1. The molecule has 4 fully saturated rings. The number of anilines is 2. The number of hydrogen-bond acceptors (Lipinski definition) is 11. The zero-order chi connectivity index (χ0) is 39.9. The summed E-state index contributed by atoms with van der Waals surface area (Å²) in [6.07, 6.45) is 8.85. The summed E-state index contributed by atoms with van der Waals surface area (Å²) < 4.78 is 6.11. The van der Waals surface area contributed by atoms with Gasteiger partial charge < -0.3 is 19.4 Å². The van der Waals surface area contributed by atoms with Gasteiger partial charge in [-0.1, -0.05) is 23.7 Å². The first kappa shape index (κ1) is 40.3. The summed E-state index contributed by atoms with van der Waals surface area (Å²) in [6, 6.07) is 12.3. The Morgan fingerprint density at radius 1 is 0.877 bits per heavy atom. The average molecular weight is 795 g/mol. The standard InChI is InChI=1S/C43H51ClN8O5/c1-45-36-10-9-34(26-35(36)44)57-33-7-3-29(4-8-33)23-39(54)37-11-14-42(48-47-37)51-17-15-30(16-18-51)28-50-19-21-52(22-20-50)41-13-5-31(27-46-41)24-43(56)49(2)38-12-6-32(53)25-40(38)55/h5,9-11,13-14,26-27,29-30,33,38H,3-4,6-8,12,15-25,28H2,2H3. The van der Waals surface area contributed by atoms with Gasteiger partial charge in [0.15, 0.2) is 17.4 Å². The van der Waals surface area contributed by atoms with E-state index >= 15 is 0 Å². The maximum atomic E-state index is 13.1. The van der Waals surface area contributed by atoms with Gasteiger partial charge in [-0.05, 0) is 92.7 Å². The molecule has 3 aromatic rings. The molecule has 0 spiro atoms. The van der Waals surface area contributed by atoms with Gasteiger partial charge in [0.1, 0.15) is 23.0 Å². The van der Waals surface area contributed by atoms with Crippen molar-refractivity contribution in [2.45, 2.75) is 82.8 Å². The second-order valence-electron chi connectivity index (χ2n) is 16.1. The Bertz CT molecular complexity index is 1950. The van der Waals surface area contributed by atoms with Gasteiger partial charge >= 0.3 is 0 Å². The van der Waals surface area contributed by atoms with E-state index < -0.39 is 6.04 Å². The molecule has 57 heavy (non-hydrogen) atoms. The zero-order valence-corrected chi connectivity index (χ0v) is 33.4. The third-order valence-corrected chi connectivity index (χ3v) is 12.5. The van der Waals surface area contributed by atoms with Gasteiger partial charge in [-0.25, -0.2) is 9.83 Å². The van der Waals surface area contributed by atoms with E-state index in [0.29, 0.717) is 53.3 Å². The normalized spacial score (nSPS) is 22.2. The number of rotatable bonds is 12. The van der Waals surface area contributed by atoms with Crippen LogP contribution >= 0.6 is 11.6 Å². The number of ketones is 3. The molecule has 4 aliphatic rings. The molecule has 1 atom stereocenters. The molecule has 1 amide bonds. The molecule has 2 aliphatic carbocycles. The number of carbonyl (C=O) groups excluding carboxylic acids is 4. The summed E-state index contributed by atoms with van der Waals surface area (Å²) in [5.74, 6) is 3.00. The Labute approximate surface area is 339 Å². The fraction of sp³-hybridized carbons (Fsp3) is 0.535. The smallest absolute Gasteiger partial charge is 0.227 e. The van der Waals surface area contributed by atoms with Crippen LogP contribution in [0.3, 0.4) is 0 Å². The lowest BCUT2D eigenvalue weighted by molar-refractivity contribution is -0.141. The maximum Gasteiger partial charge on any atom is 0.227 e. The van der Waals surface area contributed by atoms with E-state index in [1.54, 1.807) is 31.4 Å². The number of Topliss-reactive ketones (excluding diaryl/α,β-unsaturated/α-hetero) is 3. The van der Waals surface area contributed by atoms with Crippen molar-refractivity contribution in [1.29, 1.82) is 0 Å². The zero-order valence-electron chi connectivity index (χ0n) is 32.7. The van der Waals surface area contributed by atoms with Crippen molar-refractivity contribution in [3.8, 4) is 5.75 Å². The van der Waals surface area contributed by atoms with Crippen LogP contribution < -0.4 is 14.5 Å². The van der Waals surface area contributed by atoms with Gasteiger partial charge in [-0.2, -0.15) is 0 Å². The van der Waals surface area contributed by atoms with Crippen LogP contribution in [-0.2, 0) is 20.8 Å². The Morgan fingerprint density at radius 3 is 2.26 bits per heavy atom. The summed E-state index contributed by atoms with van der Waals surface area (Å²) in [5.41, 5.74) is 1.65. The average Bonchev–Trinajstić information content (AvgIpc) is 3.22. The third kappa shape index (κ3) is 10.3. The fourth-order valence-electron chi connectivity index (χ4n) is 8.63. The van der Waals surface area contributed by atoms with Crippen LogP contribution in [0, 0.1) is 18.4 Å². The van der Waals surface area contributed by atoms with Gasteiger partial charge in [0.25, 0.3) is 0 Å². The molecule has 0 bridgehead atoms. The Balaban J connectivity index is 0.785. The minimum absolute atomic E-state index is 0.0389. The number of amides is 1. The molecule has 4 heterocycles. The molecule has 300 valence electrons. The largest absolute Gasteiger partial charge is 0.490 e. The van der Waals surface area contributed by atoms with Crippen LogP contribution in [0.25, 0.3) is 4.85 Å². The van der Waals surface area contributed by atoms with Gasteiger partial charge in [-0.15, -0.1) is 10.2 Å². The number of piperazine rings is 1. The number of likely N-dealkylation sites (N-methyl/N-ethyl adjacent to an activating group) is 1. The van der Waals surface area contributed by atoms with E-state index in [2.05, 4.69) is 34.7 Å². The molecule has 1 unspecified atom stereocenters. The van der Waals surface area contributed by atoms with Crippen LogP contribution in [0.4, 0.5) is 17.3 Å². The second-order valence-corrected chi connectivity index (χ2v) is 16.5. The van der Waals surface area contributed by atoms with Crippen LogP contribution in [0.5, 0.6) is 5.75 Å². The lowest BCUT2D eigenvalue weighted by Gasteiger charge is -2.39. The van der Waals surface area contributed by atoms with Gasteiger partial charge in [0.05, 0.1) is 36.6 Å². The van der Waals surface area contributed by atoms with Crippen molar-refractivity contribution < 1.29 is 23.9 Å². The lowest BCUT2D eigenvalue weighted by Crippen LogP contribution is -2.49. The first-order valence-electron chi connectivity index (χ1n) is 20.3. The number of hydrogen-bond donors (Lipinski definition) is 0. The molecular weight excluding hydrogens is 744 g/mol. The maximum absolute atomic E-state index is 13.1. The van der Waals surface area contributed by atoms with Crippen LogP contribution in [-0.4, -0.2) is 113 Å². The second kappa shape index (κ2) is 18.6. The number of piperidine rings is 1. The summed E-state index contributed by atoms with van der Waals surface area (Å²) in [6.45, 7) is 13.8. The van der Waals surface area contributed by atoms with Gasteiger partial charge in [0, 0.05) is 71.9 Å². The predicted octanol–water partition coefficient (Wildman–Crippen LogP) is 6.02. The molecule has 1 aromatic carbocycles. The fourth-order valence-corrected chi connectivity index (χ4v) is 8.84. The molecule has 2 aromatic heterocycles. The van der Waals surface area contributed by atoms with Crippen molar-refractivity contribution in [2.75, 3.05) is 62.7 Å². The summed E-state index contributed by atoms with van der Waals surface area (Å²) >= 11 is 6.16. The van der Waals surface area contributed by atoms with Gasteiger partial charge in [0.2, 0.25) is 11.6 Å². The topological polar surface area (TPSA) is 134 Å². The van der Waals surface area contributed by atoms with Crippen molar-refractivity contribution in [3.05, 3.63) is 76.4 Å². The first-order valence-corrected chi connectivity index (χ1v) is 20.7. The molecule has 7 rings (SSSR count). The minimum Gasteiger partial charge on any atom is -0.490 e. The first-order chi connectivity index (χ1) is 27.6. The van der Waals surface area contributed by atoms with E-state index in [4.69, 9.17) is 22.9 Å². The monoisotopic (exact) mass is 794 g/mol. The highest BCUT2D eigenvalue weighted by Crippen LogP contribution is 2.34. The number of pyridine rings is 1. The molecule has 0 N–H and O–H groups in total. The van der Waals surface area contributed by atoms with Crippen LogP contribution in [0.1, 0.15) is 80.3 Å². The van der Waals surface area contributed by atoms with Crippen molar-refractivity contribution >= 4 is 52.2 Å². The molecule has 2 saturated carbocycles. The van der Waals surface area contributed by atoms with E-state index in [1.165, 1.54) is 4.90 Å². The summed E-state index contributed by atoms with van der Waals surface area (Å²) in [5, 5.41) is 9.21. The minimum atomic E-state index is -0.517. The quantitative estimate of drug-likeness (QED) is 0.121. The molecule has 14 heteroatoms. The SMILES string of the molecule is [C-]#[N+]c1ccc(OC2CCC(CC(=O)c3ccc(N4CCC(CN5CCN(c6ccc(CC(=O)N(C)C7CCC(=O)CC7=O)cn6)CC5)CC4)nn3)CC2)cc1Cl. The van der Waals surface area contributed by atoms with E-state index in [1.807, 2.05) is 24.3 Å². The molecular formula is C43H51ClN8O5. The van der Waals surface area contributed by atoms with E-state index in [0.717, 1.165) is 102 Å². The van der Waals surface area contributed by atoms with E-state index in [-0.39, 0.29) is 42.2 Å². The Kier molecular flexibility index (Phi) is 13.1. The summed E-state index contributed by atoms with van der Waals surface area (Å²) in [7, 11) is 1.65. The number of halogens is 1. The van der Waals surface area contributed by atoms with Crippen molar-refractivity contribution in [2.24, 2.45) is 11.8 Å². The van der Waals surface area contributed by atoms with Crippen LogP contribution in [0.15, 0.2) is 48.7 Å². The number of carbonyl (C=O) groups is 4. The summed E-state index contributed by atoms with van der Waals surface area (Å²) in [4.78, 5) is 66.5. The number of nitrogens with zero attached hydrogens (tertiary/aromatic N) is 8. The Morgan fingerprint density at radius 2 is 1.61 bits per heavy atom. The molecule has 2 saturated heterocycles. The van der Waals surface area contributed by atoms with E-state index in [9.17, 15) is 19.2 Å². The highest BCUT2D eigenvalue weighted by molar-refractivity contribution is 6.33. The highest BCUT2D eigenvalue weighted by atomic mass is 35.5. The predicted molar refractivity (Wildman–Crippen MR) is 217 cm³/mol. The lowest BCUT2D eigenvalue weighted by atomic mass is 9.84. The van der Waals surface area contributed by atoms with Crippen molar-refractivity contribution in [3.63, 3.8) is 0 Å². The number of benzene rings is 1. The molecule has 2 aliphatic heterocycles. The van der Waals surface area contributed by atoms with Crippen LogP contribution in [0.2, 0.25) is 5.02 Å². The third-order valence-electron chi connectivity index (χ3n) is 12.2. The highest BCUT2D eigenvalue weighted by Gasteiger charge is 2.33. The number of aromatic nitrogens is 3. The Hall–Kier alpha value is -4.93. The molecule has 0 radical (unpaired) electrons. The molecule has 13 nitrogen and oxygen atoms in total. The van der Waals surface area contributed by atoms with Gasteiger partial charge in [-0.3, -0.25) is 24.1 Å². The van der Waals surface area contributed by atoms with Crippen molar-refractivity contribution in [1.82, 2.24) is 25.0 Å².